The standard InChI is InChI=1S/C10H20ClNO/c1-9(2,3)8(13)12-10(4,5)6-7-11/h6-7H2,1-5H3,(H,12,13). The zero-order valence-corrected chi connectivity index (χ0v) is 9.96. The molecule has 0 aromatic carbocycles. The summed E-state index contributed by atoms with van der Waals surface area (Å²) in [4.78, 5) is 11.6. The van der Waals surface area contributed by atoms with Gasteiger partial charge in [0.2, 0.25) is 5.91 Å². The molecule has 0 atom stereocenters. The number of carbonyl (C=O) groups excluding carboxylic acids is 1. The zero-order chi connectivity index (χ0) is 10.7. The number of hydrogen-bond donors (Lipinski definition) is 1. The zero-order valence-electron chi connectivity index (χ0n) is 9.20. The van der Waals surface area contributed by atoms with Gasteiger partial charge in [-0.2, -0.15) is 0 Å². The first kappa shape index (κ1) is 12.8. The van der Waals surface area contributed by atoms with E-state index in [1.165, 1.54) is 0 Å². The fourth-order valence-electron chi connectivity index (χ4n) is 0.794. The number of halogens is 1. The Labute approximate surface area is 86.0 Å². The molecule has 0 saturated heterocycles. The van der Waals surface area contributed by atoms with Gasteiger partial charge in [-0.3, -0.25) is 4.79 Å². The van der Waals surface area contributed by atoms with Crippen molar-refractivity contribution >= 4 is 17.5 Å². The number of rotatable bonds is 3. The summed E-state index contributed by atoms with van der Waals surface area (Å²) in [6, 6.07) is 0. The van der Waals surface area contributed by atoms with Gasteiger partial charge in [0.15, 0.2) is 0 Å². The summed E-state index contributed by atoms with van der Waals surface area (Å²) in [5.41, 5.74) is -0.532. The van der Waals surface area contributed by atoms with Crippen molar-refractivity contribution in [2.75, 3.05) is 5.88 Å². The highest BCUT2D eigenvalue weighted by atomic mass is 35.5. The maximum Gasteiger partial charge on any atom is 0.225 e. The molecule has 0 aliphatic heterocycles. The normalized spacial score (nSPS) is 12.8. The molecule has 0 aliphatic rings. The number of alkyl halides is 1. The van der Waals surface area contributed by atoms with Crippen LogP contribution in [-0.2, 0) is 4.79 Å². The summed E-state index contributed by atoms with van der Waals surface area (Å²) < 4.78 is 0. The summed E-state index contributed by atoms with van der Waals surface area (Å²) in [5, 5.41) is 2.97. The van der Waals surface area contributed by atoms with E-state index in [9.17, 15) is 4.79 Å². The van der Waals surface area contributed by atoms with Gasteiger partial charge in [-0.25, -0.2) is 0 Å². The van der Waals surface area contributed by atoms with Gasteiger partial charge in [0.1, 0.15) is 0 Å². The number of nitrogens with one attached hydrogen (secondary N) is 1. The smallest absolute Gasteiger partial charge is 0.225 e. The Morgan fingerprint density at radius 2 is 1.69 bits per heavy atom. The van der Waals surface area contributed by atoms with E-state index in [1.54, 1.807) is 0 Å². The molecule has 0 rings (SSSR count). The topological polar surface area (TPSA) is 29.1 Å². The molecule has 0 unspecified atom stereocenters. The maximum atomic E-state index is 11.6. The second-order valence-electron chi connectivity index (χ2n) is 5.03. The molecular weight excluding hydrogens is 186 g/mol. The molecule has 0 heterocycles. The lowest BCUT2D eigenvalue weighted by Gasteiger charge is -2.29. The van der Waals surface area contributed by atoms with Crippen molar-refractivity contribution in [3.63, 3.8) is 0 Å². The van der Waals surface area contributed by atoms with Crippen LogP contribution in [0, 0.1) is 5.41 Å². The maximum absolute atomic E-state index is 11.6. The molecule has 0 aliphatic carbocycles. The molecular formula is C10H20ClNO. The molecule has 2 nitrogen and oxygen atoms in total. The monoisotopic (exact) mass is 205 g/mol. The molecule has 0 fully saturated rings. The fraction of sp³-hybridized carbons (Fsp3) is 0.900. The van der Waals surface area contributed by atoms with Crippen molar-refractivity contribution < 1.29 is 4.79 Å². The van der Waals surface area contributed by atoms with E-state index in [0.717, 1.165) is 6.42 Å². The van der Waals surface area contributed by atoms with E-state index >= 15 is 0 Å². The van der Waals surface area contributed by atoms with Crippen LogP contribution in [0.2, 0.25) is 0 Å². The second-order valence-corrected chi connectivity index (χ2v) is 5.40. The molecule has 0 saturated carbocycles. The lowest BCUT2D eigenvalue weighted by Crippen LogP contribution is -2.48. The molecule has 78 valence electrons. The second kappa shape index (κ2) is 4.32. The minimum Gasteiger partial charge on any atom is -0.351 e. The average Bonchev–Trinajstić information content (AvgIpc) is 1.83. The van der Waals surface area contributed by atoms with Gasteiger partial charge >= 0.3 is 0 Å². The van der Waals surface area contributed by atoms with Crippen molar-refractivity contribution in [3.05, 3.63) is 0 Å². The summed E-state index contributed by atoms with van der Waals surface area (Å²) >= 11 is 5.63. The highest BCUT2D eigenvalue weighted by Gasteiger charge is 2.27. The lowest BCUT2D eigenvalue weighted by molar-refractivity contribution is -0.130. The lowest BCUT2D eigenvalue weighted by atomic mass is 9.92. The first-order valence-electron chi connectivity index (χ1n) is 4.57. The molecule has 0 aromatic heterocycles. The van der Waals surface area contributed by atoms with Gasteiger partial charge in [-0.15, -0.1) is 11.6 Å². The van der Waals surface area contributed by atoms with Crippen LogP contribution in [0.3, 0.4) is 0 Å². The Kier molecular flexibility index (Phi) is 4.24. The van der Waals surface area contributed by atoms with E-state index in [2.05, 4.69) is 5.32 Å². The molecule has 0 bridgehead atoms. The van der Waals surface area contributed by atoms with Crippen molar-refractivity contribution in [2.45, 2.75) is 46.6 Å². The van der Waals surface area contributed by atoms with Gasteiger partial charge in [0, 0.05) is 16.8 Å². The van der Waals surface area contributed by atoms with Crippen LogP contribution in [0.15, 0.2) is 0 Å². The van der Waals surface area contributed by atoms with Crippen LogP contribution >= 0.6 is 11.6 Å². The minimum absolute atomic E-state index is 0.0719. The molecule has 1 N–H and O–H groups in total. The van der Waals surface area contributed by atoms with E-state index in [0.29, 0.717) is 5.88 Å². The van der Waals surface area contributed by atoms with Crippen LogP contribution in [0.4, 0.5) is 0 Å². The van der Waals surface area contributed by atoms with Gasteiger partial charge in [0.05, 0.1) is 0 Å². The Morgan fingerprint density at radius 1 is 1.23 bits per heavy atom. The highest BCUT2D eigenvalue weighted by molar-refractivity contribution is 6.17. The number of carbonyl (C=O) groups is 1. The van der Waals surface area contributed by atoms with E-state index in [1.807, 2.05) is 34.6 Å². The largest absolute Gasteiger partial charge is 0.351 e. The van der Waals surface area contributed by atoms with E-state index in [-0.39, 0.29) is 16.9 Å². The van der Waals surface area contributed by atoms with Gasteiger partial charge < -0.3 is 5.32 Å². The molecule has 0 aromatic rings. The third kappa shape index (κ3) is 5.14. The highest BCUT2D eigenvalue weighted by Crippen LogP contribution is 2.17. The first-order valence-corrected chi connectivity index (χ1v) is 5.11. The van der Waals surface area contributed by atoms with Crippen LogP contribution in [0.1, 0.15) is 41.0 Å². The van der Waals surface area contributed by atoms with Gasteiger partial charge in [0.25, 0.3) is 0 Å². The Morgan fingerprint density at radius 3 is 2.00 bits per heavy atom. The van der Waals surface area contributed by atoms with Crippen molar-refractivity contribution in [1.82, 2.24) is 5.32 Å². The van der Waals surface area contributed by atoms with Gasteiger partial charge in [-0.05, 0) is 20.3 Å². The van der Waals surface area contributed by atoms with Crippen molar-refractivity contribution in [3.8, 4) is 0 Å². The Balaban J connectivity index is 4.20. The van der Waals surface area contributed by atoms with Crippen LogP contribution in [0.5, 0.6) is 0 Å². The van der Waals surface area contributed by atoms with Crippen molar-refractivity contribution in [2.24, 2.45) is 5.41 Å². The summed E-state index contributed by atoms with van der Waals surface area (Å²) in [6.45, 7) is 9.68. The molecule has 3 heteroatoms. The van der Waals surface area contributed by atoms with Gasteiger partial charge in [-0.1, -0.05) is 20.8 Å². The molecule has 0 radical (unpaired) electrons. The average molecular weight is 206 g/mol. The van der Waals surface area contributed by atoms with E-state index < -0.39 is 0 Å². The van der Waals surface area contributed by atoms with Crippen LogP contribution in [-0.4, -0.2) is 17.3 Å². The molecule has 1 amide bonds. The summed E-state index contributed by atoms with van der Waals surface area (Å²) in [6.07, 6.45) is 0.788. The number of hydrogen-bond acceptors (Lipinski definition) is 1. The molecule has 0 spiro atoms. The Hall–Kier alpha value is -0.240. The van der Waals surface area contributed by atoms with Crippen LogP contribution in [0.25, 0.3) is 0 Å². The predicted octanol–water partition coefficient (Wildman–Crippen LogP) is 2.56. The minimum atomic E-state index is -0.330. The summed E-state index contributed by atoms with van der Waals surface area (Å²) in [5.74, 6) is 0.639. The quantitative estimate of drug-likeness (QED) is 0.705. The third-order valence-corrected chi connectivity index (χ3v) is 2.04. The predicted molar refractivity (Wildman–Crippen MR) is 57.0 cm³/mol. The van der Waals surface area contributed by atoms with Crippen LogP contribution < -0.4 is 5.32 Å². The first-order chi connectivity index (χ1) is 5.69. The molecule has 13 heavy (non-hydrogen) atoms. The Bertz CT molecular complexity index is 182. The van der Waals surface area contributed by atoms with Crippen molar-refractivity contribution in [1.29, 1.82) is 0 Å². The fourth-order valence-corrected chi connectivity index (χ4v) is 1.27. The summed E-state index contributed by atoms with van der Waals surface area (Å²) in [7, 11) is 0. The SMILES string of the molecule is CC(C)(CCCl)NC(=O)C(C)(C)C. The number of amides is 1. The third-order valence-electron chi connectivity index (χ3n) is 1.85. The van der Waals surface area contributed by atoms with E-state index in [4.69, 9.17) is 11.6 Å².